The Balaban J connectivity index is 1.58. The van der Waals surface area contributed by atoms with E-state index in [0.717, 1.165) is 48.9 Å². The molecule has 1 aromatic carbocycles. The zero-order chi connectivity index (χ0) is 17.6. The van der Waals surface area contributed by atoms with E-state index < -0.39 is 0 Å². The van der Waals surface area contributed by atoms with Gasteiger partial charge in [0.05, 0.1) is 5.54 Å². The lowest BCUT2D eigenvalue weighted by molar-refractivity contribution is -0.134. The smallest absolute Gasteiger partial charge is 0.336 e. The predicted octanol–water partition coefficient (Wildman–Crippen LogP) is 2.86. The molecule has 25 heavy (non-hydrogen) atoms. The maximum Gasteiger partial charge on any atom is 0.336 e. The maximum atomic E-state index is 12.0. The molecule has 1 spiro atoms. The van der Waals surface area contributed by atoms with E-state index in [-0.39, 0.29) is 17.1 Å². The second kappa shape index (κ2) is 6.15. The third-order valence-corrected chi connectivity index (χ3v) is 5.84. The van der Waals surface area contributed by atoms with Gasteiger partial charge in [-0.25, -0.2) is 4.79 Å². The molecule has 0 radical (unpaired) electrons. The topological polar surface area (TPSA) is 62.6 Å². The molecule has 0 unspecified atom stereocenters. The largest absolute Gasteiger partial charge is 0.423 e. The molecule has 2 saturated heterocycles. The summed E-state index contributed by atoms with van der Waals surface area (Å²) in [5.41, 5.74) is 2.22. The summed E-state index contributed by atoms with van der Waals surface area (Å²) in [6, 6.07) is 5.35. The fraction of sp³-hybridized carbons (Fsp3) is 0.474. The summed E-state index contributed by atoms with van der Waals surface area (Å²) in [7, 11) is 0. The van der Waals surface area contributed by atoms with Crippen LogP contribution in [0.1, 0.15) is 37.3 Å². The van der Waals surface area contributed by atoms with Crippen LogP contribution in [-0.2, 0) is 17.8 Å². The van der Waals surface area contributed by atoms with Gasteiger partial charge in [-0.05, 0) is 42.5 Å². The first-order chi connectivity index (χ1) is 12.0. The number of aryl methyl sites for hydroxylation is 1. The lowest BCUT2D eigenvalue weighted by Crippen LogP contribution is -2.64. The van der Waals surface area contributed by atoms with Crippen LogP contribution in [0.2, 0.25) is 5.02 Å². The quantitative estimate of drug-likeness (QED) is 0.675. The van der Waals surface area contributed by atoms with Gasteiger partial charge in [0.2, 0.25) is 5.91 Å². The van der Waals surface area contributed by atoms with E-state index in [1.807, 2.05) is 19.1 Å². The Morgan fingerprint density at radius 3 is 2.56 bits per heavy atom. The minimum atomic E-state index is -0.327. The van der Waals surface area contributed by atoms with Crippen LogP contribution in [0.4, 0.5) is 0 Å². The molecule has 132 valence electrons. The molecule has 2 fully saturated rings. The molecule has 0 atom stereocenters. The van der Waals surface area contributed by atoms with Gasteiger partial charge < -0.3 is 9.73 Å². The standard InChI is InChI=1S/C19H21ClN2O3/c1-2-12-7-16-14(9-15(12)20)13(8-18(24)25-16)11-22-5-3-19(4-6-22)10-17(23)21-19/h7-9H,2-6,10-11H2,1H3,(H,21,23). The van der Waals surface area contributed by atoms with E-state index in [9.17, 15) is 9.59 Å². The number of nitrogens with one attached hydrogen (secondary N) is 1. The van der Waals surface area contributed by atoms with Crippen LogP contribution in [0.5, 0.6) is 0 Å². The number of nitrogens with zero attached hydrogens (tertiary/aromatic N) is 1. The number of rotatable bonds is 3. The molecule has 0 saturated carbocycles. The molecule has 1 amide bonds. The summed E-state index contributed by atoms with van der Waals surface area (Å²) in [5.74, 6) is 0.154. The number of hydrogen-bond donors (Lipinski definition) is 1. The van der Waals surface area contributed by atoms with E-state index in [1.54, 1.807) is 6.07 Å². The minimum absolute atomic E-state index is 0.0186. The van der Waals surface area contributed by atoms with Gasteiger partial charge in [-0.15, -0.1) is 0 Å². The van der Waals surface area contributed by atoms with Crippen molar-refractivity contribution in [2.75, 3.05) is 13.1 Å². The number of β-lactam (4-membered cyclic amide) rings is 1. The first-order valence-corrected chi connectivity index (χ1v) is 9.14. The van der Waals surface area contributed by atoms with Crippen molar-refractivity contribution >= 4 is 28.5 Å². The number of hydrogen-bond acceptors (Lipinski definition) is 4. The van der Waals surface area contributed by atoms with Crippen molar-refractivity contribution < 1.29 is 9.21 Å². The second-order valence-corrected chi connectivity index (χ2v) is 7.57. The van der Waals surface area contributed by atoms with Gasteiger partial charge in [0.25, 0.3) is 0 Å². The Morgan fingerprint density at radius 2 is 1.92 bits per heavy atom. The molecule has 2 aliphatic rings. The first kappa shape index (κ1) is 16.6. The molecule has 2 aliphatic heterocycles. The van der Waals surface area contributed by atoms with Crippen LogP contribution in [0.25, 0.3) is 11.0 Å². The van der Waals surface area contributed by atoms with Gasteiger partial charge >= 0.3 is 5.63 Å². The van der Waals surface area contributed by atoms with Crippen LogP contribution < -0.4 is 10.9 Å². The van der Waals surface area contributed by atoms with Crippen molar-refractivity contribution in [1.82, 2.24) is 10.2 Å². The minimum Gasteiger partial charge on any atom is -0.423 e. The summed E-state index contributed by atoms with van der Waals surface area (Å²) in [5, 5.41) is 4.66. The van der Waals surface area contributed by atoms with Crippen LogP contribution in [0.3, 0.4) is 0 Å². The summed E-state index contributed by atoms with van der Waals surface area (Å²) in [6.07, 6.45) is 3.36. The fourth-order valence-electron chi connectivity index (χ4n) is 3.96. The molecule has 2 aromatic rings. The van der Waals surface area contributed by atoms with Crippen molar-refractivity contribution in [3.63, 3.8) is 0 Å². The zero-order valence-corrected chi connectivity index (χ0v) is 15.0. The first-order valence-electron chi connectivity index (χ1n) is 8.76. The van der Waals surface area contributed by atoms with Crippen LogP contribution in [0, 0.1) is 0 Å². The summed E-state index contributed by atoms with van der Waals surface area (Å²) < 4.78 is 5.38. The highest BCUT2D eigenvalue weighted by molar-refractivity contribution is 6.32. The third-order valence-electron chi connectivity index (χ3n) is 5.49. The average Bonchev–Trinajstić information content (AvgIpc) is 2.55. The monoisotopic (exact) mass is 360 g/mol. The molecule has 6 heteroatoms. The van der Waals surface area contributed by atoms with Crippen molar-refractivity contribution in [2.24, 2.45) is 0 Å². The second-order valence-electron chi connectivity index (χ2n) is 7.17. The van der Waals surface area contributed by atoms with Crippen LogP contribution in [0.15, 0.2) is 27.4 Å². The van der Waals surface area contributed by atoms with Crippen molar-refractivity contribution in [3.8, 4) is 0 Å². The Hall–Kier alpha value is -1.85. The van der Waals surface area contributed by atoms with Gasteiger partial charge in [-0.2, -0.15) is 0 Å². The number of likely N-dealkylation sites (tertiary alicyclic amines) is 1. The van der Waals surface area contributed by atoms with E-state index >= 15 is 0 Å². The lowest BCUT2D eigenvalue weighted by Gasteiger charge is -2.47. The molecule has 3 heterocycles. The van der Waals surface area contributed by atoms with E-state index in [1.165, 1.54) is 0 Å². The predicted molar refractivity (Wildman–Crippen MR) is 96.9 cm³/mol. The molecule has 0 aliphatic carbocycles. The molecular weight excluding hydrogens is 340 g/mol. The third kappa shape index (κ3) is 3.07. The number of amides is 1. The number of piperidine rings is 1. The van der Waals surface area contributed by atoms with Crippen molar-refractivity contribution in [2.45, 2.75) is 44.7 Å². The van der Waals surface area contributed by atoms with Gasteiger partial charge in [0.1, 0.15) is 5.58 Å². The zero-order valence-electron chi connectivity index (χ0n) is 14.2. The Labute approximate surface area is 150 Å². The van der Waals surface area contributed by atoms with Crippen molar-refractivity contribution in [1.29, 1.82) is 0 Å². The van der Waals surface area contributed by atoms with Gasteiger partial charge in [-0.3, -0.25) is 9.69 Å². The number of carbonyl (C=O) groups is 1. The van der Waals surface area contributed by atoms with E-state index in [2.05, 4.69) is 10.2 Å². The average molecular weight is 361 g/mol. The number of carbonyl (C=O) groups excluding carboxylic acids is 1. The van der Waals surface area contributed by atoms with Crippen LogP contribution in [-0.4, -0.2) is 29.4 Å². The molecule has 4 rings (SSSR count). The number of benzene rings is 1. The van der Waals surface area contributed by atoms with E-state index in [4.69, 9.17) is 16.0 Å². The fourth-order valence-corrected chi connectivity index (χ4v) is 4.25. The SMILES string of the molecule is CCc1cc2oc(=O)cc(CN3CCC4(CC3)CC(=O)N4)c2cc1Cl. The Kier molecular flexibility index (Phi) is 4.08. The normalized spacial score (nSPS) is 19.8. The molecule has 1 aromatic heterocycles. The Morgan fingerprint density at radius 1 is 1.20 bits per heavy atom. The lowest BCUT2D eigenvalue weighted by atomic mass is 9.78. The van der Waals surface area contributed by atoms with E-state index in [0.29, 0.717) is 23.6 Å². The highest BCUT2D eigenvalue weighted by atomic mass is 35.5. The summed E-state index contributed by atoms with van der Waals surface area (Å²) in [4.78, 5) is 25.5. The summed E-state index contributed by atoms with van der Waals surface area (Å²) >= 11 is 6.36. The molecular formula is C19H21ClN2O3. The summed E-state index contributed by atoms with van der Waals surface area (Å²) in [6.45, 7) is 4.53. The molecule has 1 N–H and O–H groups in total. The van der Waals surface area contributed by atoms with Crippen molar-refractivity contribution in [3.05, 3.63) is 44.8 Å². The highest BCUT2D eigenvalue weighted by Crippen LogP contribution is 2.33. The van der Waals surface area contributed by atoms with Crippen LogP contribution >= 0.6 is 11.6 Å². The Bertz CT molecular complexity index is 887. The maximum absolute atomic E-state index is 12.0. The van der Waals surface area contributed by atoms with Gasteiger partial charge in [0.15, 0.2) is 0 Å². The van der Waals surface area contributed by atoms with Gasteiger partial charge in [0, 0.05) is 42.5 Å². The number of fused-ring (bicyclic) bond motifs is 1. The molecule has 0 bridgehead atoms. The molecule has 5 nitrogen and oxygen atoms in total. The highest BCUT2D eigenvalue weighted by Gasteiger charge is 2.44. The van der Waals surface area contributed by atoms with Gasteiger partial charge in [-0.1, -0.05) is 18.5 Å². The number of halogens is 1.